The predicted molar refractivity (Wildman–Crippen MR) is 54.7 cm³/mol. The molecule has 1 saturated carbocycles. The molecule has 1 rings (SSSR count). The Labute approximate surface area is 77.9 Å². The van der Waals surface area contributed by atoms with Gasteiger partial charge in [0.25, 0.3) is 0 Å². The van der Waals surface area contributed by atoms with Gasteiger partial charge in [0.15, 0.2) is 0 Å². The molecule has 1 heteroatoms. The Bertz CT molecular complexity index is 72.8. The Morgan fingerprint density at radius 1 is 0.900 bits per heavy atom. The van der Waals surface area contributed by atoms with E-state index in [-0.39, 0.29) is 0 Å². The van der Waals surface area contributed by atoms with Gasteiger partial charge in [0.1, 0.15) is 0 Å². The van der Waals surface area contributed by atoms with Crippen molar-refractivity contribution in [3.63, 3.8) is 0 Å². The molecule has 0 aliphatic heterocycles. The van der Waals surface area contributed by atoms with Gasteiger partial charge in [-0.3, -0.25) is 0 Å². The first-order valence-electron chi connectivity index (χ1n) is 4.49. The van der Waals surface area contributed by atoms with E-state index >= 15 is 0 Å². The van der Waals surface area contributed by atoms with Gasteiger partial charge in [0, 0.05) is 4.43 Å². The lowest BCUT2D eigenvalue weighted by molar-refractivity contribution is 0.413. The molecule has 0 radical (unpaired) electrons. The predicted octanol–water partition coefficient (Wildman–Crippen LogP) is 3.78. The van der Waals surface area contributed by atoms with Gasteiger partial charge in [-0.25, -0.2) is 0 Å². The molecule has 60 valence electrons. The topological polar surface area (TPSA) is 0 Å². The van der Waals surface area contributed by atoms with E-state index in [1.54, 1.807) is 0 Å². The minimum absolute atomic E-state index is 1.06. The number of halogens is 1. The van der Waals surface area contributed by atoms with Crippen molar-refractivity contribution in [3.8, 4) is 0 Å². The smallest absolute Gasteiger partial charge is 0.00237 e. The van der Waals surface area contributed by atoms with Crippen molar-refractivity contribution in [1.29, 1.82) is 0 Å². The van der Waals surface area contributed by atoms with Crippen LogP contribution in [0.15, 0.2) is 0 Å². The first-order chi connectivity index (χ1) is 4.93. The molecule has 10 heavy (non-hydrogen) atoms. The van der Waals surface area contributed by atoms with Gasteiger partial charge in [-0.05, 0) is 18.8 Å². The zero-order chi connectivity index (χ0) is 7.23. The van der Waals surface area contributed by atoms with Crippen LogP contribution in [-0.2, 0) is 0 Å². The van der Waals surface area contributed by atoms with Gasteiger partial charge in [0.05, 0.1) is 0 Å². The number of hydrogen-bond donors (Lipinski definition) is 0. The van der Waals surface area contributed by atoms with Gasteiger partial charge in [-0.15, -0.1) is 0 Å². The van der Waals surface area contributed by atoms with Crippen LogP contribution in [-0.4, -0.2) is 4.43 Å². The molecule has 0 bridgehead atoms. The quantitative estimate of drug-likeness (QED) is 0.492. The normalized spacial score (nSPS) is 23.7. The van der Waals surface area contributed by atoms with Crippen LogP contribution in [0.2, 0.25) is 0 Å². The Balaban J connectivity index is 2.16. The molecule has 1 aliphatic carbocycles. The highest BCUT2D eigenvalue weighted by molar-refractivity contribution is 14.1. The second kappa shape index (κ2) is 5.39. The van der Waals surface area contributed by atoms with Crippen LogP contribution in [0, 0.1) is 5.92 Å². The van der Waals surface area contributed by atoms with Crippen LogP contribution in [0.25, 0.3) is 0 Å². The van der Waals surface area contributed by atoms with Crippen molar-refractivity contribution in [1.82, 2.24) is 0 Å². The van der Waals surface area contributed by atoms with Crippen molar-refractivity contribution in [2.24, 2.45) is 5.92 Å². The van der Waals surface area contributed by atoms with E-state index < -0.39 is 0 Å². The van der Waals surface area contributed by atoms with Crippen LogP contribution >= 0.6 is 22.6 Å². The van der Waals surface area contributed by atoms with Gasteiger partial charge in [0.2, 0.25) is 0 Å². The lowest BCUT2D eigenvalue weighted by Gasteiger charge is -2.16. The molecule has 0 N–H and O–H groups in total. The maximum Gasteiger partial charge on any atom is 0.00237 e. The van der Waals surface area contributed by atoms with Crippen molar-refractivity contribution >= 4 is 22.6 Å². The summed E-state index contributed by atoms with van der Waals surface area (Å²) in [7, 11) is 0. The average Bonchev–Trinajstić information content (AvgIpc) is 1.87. The Hall–Kier alpha value is 0.730. The molecule has 0 heterocycles. The standard InChI is InChI=1S/C9H17I/c10-8-9-6-4-2-1-3-5-7-9/h9H,1-8H2. The molecule has 0 spiro atoms. The molecule has 0 aromatic heterocycles. The molecule has 0 saturated heterocycles. The van der Waals surface area contributed by atoms with Crippen molar-refractivity contribution < 1.29 is 0 Å². The van der Waals surface area contributed by atoms with Crippen molar-refractivity contribution in [2.45, 2.75) is 44.9 Å². The number of rotatable bonds is 1. The molecular weight excluding hydrogens is 235 g/mol. The van der Waals surface area contributed by atoms with Crippen molar-refractivity contribution in [3.05, 3.63) is 0 Å². The van der Waals surface area contributed by atoms with Gasteiger partial charge >= 0.3 is 0 Å². The van der Waals surface area contributed by atoms with E-state index in [2.05, 4.69) is 22.6 Å². The summed E-state index contributed by atoms with van der Waals surface area (Å²) in [6.45, 7) is 0. The monoisotopic (exact) mass is 252 g/mol. The van der Waals surface area contributed by atoms with Crippen LogP contribution in [0.4, 0.5) is 0 Å². The van der Waals surface area contributed by atoms with E-state index in [1.807, 2.05) is 0 Å². The Morgan fingerprint density at radius 2 is 1.40 bits per heavy atom. The molecule has 0 atom stereocenters. The highest BCUT2D eigenvalue weighted by Crippen LogP contribution is 2.23. The maximum atomic E-state index is 2.54. The average molecular weight is 252 g/mol. The molecule has 0 aromatic carbocycles. The maximum absolute atomic E-state index is 2.54. The first-order valence-corrected chi connectivity index (χ1v) is 6.02. The highest BCUT2D eigenvalue weighted by Gasteiger charge is 2.08. The highest BCUT2D eigenvalue weighted by atomic mass is 127. The third kappa shape index (κ3) is 3.22. The lowest BCUT2D eigenvalue weighted by atomic mass is 9.93. The Morgan fingerprint density at radius 3 is 1.90 bits per heavy atom. The summed E-state index contributed by atoms with van der Waals surface area (Å²) in [5.41, 5.74) is 0. The van der Waals surface area contributed by atoms with Crippen LogP contribution in [0.5, 0.6) is 0 Å². The molecule has 1 aliphatic rings. The van der Waals surface area contributed by atoms with Gasteiger partial charge in [-0.1, -0.05) is 54.7 Å². The van der Waals surface area contributed by atoms with Crippen LogP contribution in [0.1, 0.15) is 44.9 Å². The minimum Gasteiger partial charge on any atom is -0.0861 e. The summed E-state index contributed by atoms with van der Waals surface area (Å²) < 4.78 is 1.39. The van der Waals surface area contributed by atoms with Crippen LogP contribution in [0.3, 0.4) is 0 Å². The van der Waals surface area contributed by atoms with E-state index in [9.17, 15) is 0 Å². The minimum atomic E-state index is 1.06. The number of alkyl halides is 1. The number of hydrogen-bond acceptors (Lipinski definition) is 0. The van der Waals surface area contributed by atoms with Gasteiger partial charge in [-0.2, -0.15) is 0 Å². The summed E-state index contributed by atoms with van der Waals surface area (Å²) >= 11 is 2.54. The Kier molecular flexibility index (Phi) is 4.76. The van der Waals surface area contributed by atoms with Crippen LogP contribution < -0.4 is 0 Å². The molecule has 0 aromatic rings. The summed E-state index contributed by atoms with van der Waals surface area (Å²) in [4.78, 5) is 0. The lowest BCUT2D eigenvalue weighted by Crippen LogP contribution is -2.04. The zero-order valence-corrected chi connectivity index (χ0v) is 8.77. The third-order valence-electron chi connectivity index (χ3n) is 2.44. The second-order valence-corrected chi connectivity index (χ2v) is 4.25. The summed E-state index contributed by atoms with van der Waals surface area (Å²) in [5.74, 6) is 1.06. The first kappa shape index (κ1) is 8.82. The second-order valence-electron chi connectivity index (χ2n) is 3.37. The molecular formula is C9H17I. The molecule has 0 nitrogen and oxygen atoms in total. The fourth-order valence-electron chi connectivity index (χ4n) is 1.69. The van der Waals surface area contributed by atoms with E-state index in [4.69, 9.17) is 0 Å². The fraction of sp³-hybridized carbons (Fsp3) is 1.00. The third-order valence-corrected chi connectivity index (χ3v) is 3.69. The van der Waals surface area contributed by atoms with E-state index in [0.717, 1.165) is 5.92 Å². The van der Waals surface area contributed by atoms with E-state index in [1.165, 1.54) is 49.4 Å². The molecule has 1 fully saturated rings. The largest absolute Gasteiger partial charge is 0.0861 e. The SMILES string of the molecule is ICC1CCCCCCC1. The molecule has 0 amide bonds. The fourth-order valence-corrected chi connectivity index (χ4v) is 2.58. The molecule has 0 unspecified atom stereocenters. The zero-order valence-electron chi connectivity index (χ0n) is 6.61. The summed E-state index contributed by atoms with van der Waals surface area (Å²) in [6.07, 6.45) is 10.5. The summed E-state index contributed by atoms with van der Waals surface area (Å²) in [6, 6.07) is 0. The summed E-state index contributed by atoms with van der Waals surface area (Å²) in [5, 5.41) is 0. The van der Waals surface area contributed by atoms with E-state index in [0.29, 0.717) is 0 Å². The van der Waals surface area contributed by atoms with Crippen molar-refractivity contribution in [2.75, 3.05) is 4.43 Å². The van der Waals surface area contributed by atoms with Gasteiger partial charge < -0.3 is 0 Å².